The lowest BCUT2D eigenvalue weighted by molar-refractivity contribution is 0.0378. The molecule has 156 valence electrons. The van der Waals surface area contributed by atoms with Gasteiger partial charge in [0.2, 0.25) is 5.95 Å². The highest BCUT2D eigenvalue weighted by atomic mass is 16.5. The number of hydrazone groups is 1. The van der Waals surface area contributed by atoms with Gasteiger partial charge >= 0.3 is 0 Å². The minimum atomic E-state index is 0.199. The van der Waals surface area contributed by atoms with Gasteiger partial charge < -0.3 is 15.2 Å². The molecule has 0 radical (unpaired) electrons. The fourth-order valence-electron chi connectivity index (χ4n) is 3.37. The van der Waals surface area contributed by atoms with Gasteiger partial charge in [-0.05, 0) is 42.8 Å². The van der Waals surface area contributed by atoms with Gasteiger partial charge in [0.15, 0.2) is 0 Å². The zero-order valence-electron chi connectivity index (χ0n) is 16.8. The summed E-state index contributed by atoms with van der Waals surface area (Å²) in [5.74, 6) is 1.41. The van der Waals surface area contributed by atoms with Crippen molar-refractivity contribution >= 4 is 28.9 Å². The number of ether oxygens (including phenoxy) is 1. The molecule has 0 atom stereocenters. The summed E-state index contributed by atoms with van der Waals surface area (Å²) in [6, 6.07) is 14.8. The van der Waals surface area contributed by atoms with E-state index in [1.165, 1.54) is 0 Å². The van der Waals surface area contributed by atoms with E-state index in [9.17, 15) is 5.11 Å². The third-order valence-corrected chi connectivity index (χ3v) is 4.90. The molecule has 0 aliphatic carbocycles. The summed E-state index contributed by atoms with van der Waals surface area (Å²) in [5.41, 5.74) is 4.52. The van der Waals surface area contributed by atoms with E-state index in [2.05, 4.69) is 30.7 Å². The molecule has 1 aliphatic heterocycles. The van der Waals surface area contributed by atoms with Gasteiger partial charge in [-0.25, -0.2) is 10.4 Å². The highest BCUT2D eigenvalue weighted by molar-refractivity contribution is 5.90. The highest BCUT2D eigenvalue weighted by Crippen LogP contribution is 2.22. The zero-order chi connectivity index (χ0) is 20.6. The number of aromatic hydroxyl groups is 1. The smallest absolute Gasteiger partial charge is 0.246 e. The second kappa shape index (κ2) is 10.00. The van der Waals surface area contributed by atoms with Gasteiger partial charge in [0.25, 0.3) is 0 Å². The van der Waals surface area contributed by atoms with Crippen LogP contribution in [0.3, 0.4) is 0 Å². The number of rotatable bonds is 8. The summed E-state index contributed by atoms with van der Waals surface area (Å²) in [5, 5.41) is 18.2. The largest absolute Gasteiger partial charge is 0.508 e. The van der Waals surface area contributed by atoms with E-state index in [1.807, 2.05) is 30.3 Å². The number of nitrogens with zero attached hydrogens (tertiary/aromatic N) is 4. The maximum atomic E-state index is 9.55. The average molecular weight is 406 g/mol. The first kappa shape index (κ1) is 20.1. The molecular formula is C22H26N6O2. The number of phenols is 1. The molecule has 30 heavy (non-hydrogen) atoms. The number of hydrogen-bond acceptors (Lipinski definition) is 8. The van der Waals surface area contributed by atoms with Crippen LogP contribution in [0.2, 0.25) is 0 Å². The number of nitrogens with one attached hydrogen (secondary N) is 2. The molecule has 2 heterocycles. The van der Waals surface area contributed by atoms with Crippen LogP contribution in [0.15, 0.2) is 53.6 Å². The van der Waals surface area contributed by atoms with Gasteiger partial charge in [-0.15, -0.1) is 0 Å². The Morgan fingerprint density at radius 1 is 1.10 bits per heavy atom. The van der Waals surface area contributed by atoms with Crippen molar-refractivity contribution in [2.45, 2.75) is 6.42 Å². The second-order valence-corrected chi connectivity index (χ2v) is 7.11. The Kier molecular flexibility index (Phi) is 6.68. The first-order valence-electron chi connectivity index (χ1n) is 10.2. The second-order valence-electron chi connectivity index (χ2n) is 7.11. The number of fused-ring (bicyclic) bond motifs is 1. The molecule has 3 N–H and O–H groups in total. The van der Waals surface area contributed by atoms with Gasteiger partial charge in [0.1, 0.15) is 11.6 Å². The minimum absolute atomic E-state index is 0.199. The van der Waals surface area contributed by atoms with Crippen LogP contribution in [-0.4, -0.2) is 65.6 Å². The average Bonchev–Trinajstić information content (AvgIpc) is 2.77. The van der Waals surface area contributed by atoms with Crippen LogP contribution in [0.1, 0.15) is 12.0 Å². The fourth-order valence-corrected chi connectivity index (χ4v) is 3.37. The van der Waals surface area contributed by atoms with Crippen molar-refractivity contribution in [3.8, 4) is 5.75 Å². The molecule has 1 aliphatic rings. The van der Waals surface area contributed by atoms with Crippen LogP contribution in [0.4, 0.5) is 11.8 Å². The predicted molar refractivity (Wildman–Crippen MR) is 119 cm³/mol. The number of aromatic nitrogens is 2. The normalized spacial score (nSPS) is 14.9. The lowest BCUT2D eigenvalue weighted by Crippen LogP contribution is -2.37. The van der Waals surface area contributed by atoms with Crippen molar-refractivity contribution in [2.24, 2.45) is 5.10 Å². The Bertz CT molecular complexity index is 1000. The first-order valence-corrected chi connectivity index (χ1v) is 10.2. The zero-order valence-corrected chi connectivity index (χ0v) is 16.8. The summed E-state index contributed by atoms with van der Waals surface area (Å²) < 4.78 is 5.40. The number of morpholine rings is 1. The van der Waals surface area contributed by atoms with E-state index in [4.69, 9.17) is 4.74 Å². The maximum absolute atomic E-state index is 9.55. The summed E-state index contributed by atoms with van der Waals surface area (Å²) >= 11 is 0. The molecule has 0 spiro atoms. The van der Waals surface area contributed by atoms with Crippen molar-refractivity contribution in [3.05, 3.63) is 54.1 Å². The summed E-state index contributed by atoms with van der Waals surface area (Å²) in [7, 11) is 0. The molecule has 1 aromatic heterocycles. The molecule has 4 rings (SSSR count). The van der Waals surface area contributed by atoms with Crippen LogP contribution in [-0.2, 0) is 4.74 Å². The predicted octanol–water partition coefficient (Wildman–Crippen LogP) is 2.92. The van der Waals surface area contributed by atoms with Gasteiger partial charge in [0, 0.05) is 25.0 Å². The van der Waals surface area contributed by atoms with Crippen molar-refractivity contribution < 1.29 is 9.84 Å². The van der Waals surface area contributed by atoms with Crippen molar-refractivity contribution in [1.29, 1.82) is 0 Å². The SMILES string of the molecule is Oc1cccc(/C=N/Nc2nc(NCCCN3CCOCC3)c3ccccc3n2)c1. The Morgan fingerprint density at radius 2 is 1.97 bits per heavy atom. The molecule has 0 bridgehead atoms. The topological polar surface area (TPSA) is 94.9 Å². The van der Waals surface area contributed by atoms with Gasteiger partial charge in [-0.1, -0.05) is 24.3 Å². The summed E-state index contributed by atoms with van der Waals surface area (Å²) in [6.07, 6.45) is 2.64. The van der Waals surface area contributed by atoms with Crippen LogP contribution in [0.25, 0.3) is 10.9 Å². The maximum Gasteiger partial charge on any atom is 0.246 e. The molecule has 0 unspecified atom stereocenters. The molecule has 1 saturated heterocycles. The molecule has 0 saturated carbocycles. The minimum Gasteiger partial charge on any atom is -0.508 e. The third-order valence-electron chi connectivity index (χ3n) is 4.90. The highest BCUT2D eigenvalue weighted by Gasteiger charge is 2.10. The lowest BCUT2D eigenvalue weighted by Gasteiger charge is -2.26. The monoisotopic (exact) mass is 406 g/mol. The number of phenolic OH excluding ortho intramolecular Hbond substituents is 1. The Balaban J connectivity index is 1.41. The van der Waals surface area contributed by atoms with Gasteiger partial charge in [-0.3, -0.25) is 4.90 Å². The molecule has 8 heteroatoms. The van der Waals surface area contributed by atoms with Crippen molar-refractivity contribution in [3.63, 3.8) is 0 Å². The Labute approximate surface area is 175 Å². The van der Waals surface area contributed by atoms with E-state index >= 15 is 0 Å². The van der Waals surface area contributed by atoms with E-state index in [0.29, 0.717) is 5.95 Å². The molecular weight excluding hydrogens is 380 g/mol. The fraction of sp³-hybridized carbons (Fsp3) is 0.318. The molecule has 8 nitrogen and oxygen atoms in total. The van der Waals surface area contributed by atoms with Crippen molar-refractivity contribution in [1.82, 2.24) is 14.9 Å². The van der Waals surface area contributed by atoms with Crippen LogP contribution < -0.4 is 10.7 Å². The van der Waals surface area contributed by atoms with Crippen LogP contribution in [0.5, 0.6) is 5.75 Å². The van der Waals surface area contributed by atoms with Crippen LogP contribution >= 0.6 is 0 Å². The molecule has 1 fully saturated rings. The number of para-hydroxylation sites is 1. The molecule has 2 aromatic carbocycles. The van der Waals surface area contributed by atoms with Gasteiger partial charge in [-0.2, -0.15) is 10.1 Å². The van der Waals surface area contributed by atoms with Gasteiger partial charge in [0.05, 0.1) is 24.9 Å². The number of benzene rings is 2. The number of hydrogen-bond donors (Lipinski definition) is 3. The van der Waals surface area contributed by atoms with Crippen molar-refractivity contribution in [2.75, 3.05) is 50.1 Å². The van der Waals surface area contributed by atoms with Crippen LogP contribution in [0, 0.1) is 0 Å². The summed E-state index contributed by atoms with van der Waals surface area (Å²) in [4.78, 5) is 11.6. The first-order chi connectivity index (χ1) is 14.8. The van der Waals surface area contributed by atoms with E-state index in [-0.39, 0.29) is 5.75 Å². The summed E-state index contributed by atoms with van der Waals surface area (Å²) in [6.45, 7) is 5.51. The molecule has 0 amide bonds. The quantitative estimate of drug-likeness (QED) is 0.301. The molecule has 3 aromatic rings. The van der Waals surface area contributed by atoms with E-state index < -0.39 is 0 Å². The third kappa shape index (κ3) is 5.43. The van der Waals surface area contributed by atoms with E-state index in [1.54, 1.807) is 24.4 Å². The Hall–Kier alpha value is -3.23. The Morgan fingerprint density at radius 3 is 2.83 bits per heavy atom. The number of anilines is 2. The lowest BCUT2D eigenvalue weighted by atomic mass is 10.2. The van der Waals surface area contributed by atoms with E-state index in [0.717, 1.165) is 68.1 Å². The standard InChI is InChI=1S/C22H26N6O2/c29-18-6-3-5-17(15-18)16-24-27-22-25-20-8-2-1-7-19(20)21(26-22)23-9-4-10-28-11-13-30-14-12-28/h1-3,5-8,15-16,29H,4,9-14H2,(H2,23,25,26,27)/b24-16+.